The molecule has 0 N–H and O–H groups in total. The van der Waals surface area contributed by atoms with Crippen molar-refractivity contribution in [1.29, 1.82) is 0 Å². The topological polar surface area (TPSA) is 22.1 Å². The molecule has 0 amide bonds. The first-order valence-corrected chi connectivity index (χ1v) is 6.10. The lowest BCUT2D eigenvalue weighted by atomic mass is 10.0. The highest BCUT2D eigenvalue weighted by atomic mass is 19.4. The van der Waals surface area contributed by atoms with Crippen molar-refractivity contribution in [2.75, 3.05) is 0 Å². The molecule has 1 aromatic heterocycles. The maximum Gasteiger partial charge on any atom is 0.573 e. The molecular weight excluding hydrogens is 267 g/mol. The van der Waals surface area contributed by atoms with Gasteiger partial charge in [0.25, 0.3) is 0 Å². The molecule has 2 nitrogen and oxygen atoms in total. The molecule has 20 heavy (non-hydrogen) atoms. The number of rotatable bonds is 3. The number of hydrogen-bond acceptors (Lipinski definition) is 2. The molecule has 2 aromatic rings. The van der Waals surface area contributed by atoms with E-state index in [0.29, 0.717) is 6.42 Å². The van der Waals surface area contributed by atoms with Crippen LogP contribution >= 0.6 is 0 Å². The highest BCUT2D eigenvalue weighted by molar-refractivity contribution is 5.36. The molecule has 5 heteroatoms. The van der Waals surface area contributed by atoms with Gasteiger partial charge < -0.3 is 4.74 Å². The maximum atomic E-state index is 12.1. The maximum absolute atomic E-state index is 12.1. The fraction of sp³-hybridized carbons (Fsp3) is 0.267. The van der Waals surface area contributed by atoms with Gasteiger partial charge in [-0.2, -0.15) is 0 Å². The molecule has 106 valence electrons. The highest BCUT2D eigenvalue weighted by Gasteiger charge is 2.30. The molecule has 0 aliphatic rings. The van der Waals surface area contributed by atoms with Crippen LogP contribution in [0.3, 0.4) is 0 Å². The van der Waals surface area contributed by atoms with Crippen molar-refractivity contribution in [3.8, 4) is 5.75 Å². The van der Waals surface area contributed by atoms with Gasteiger partial charge in [-0.15, -0.1) is 13.2 Å². The van der Waals surface area contributed by atoms with Gasteiger partial charge in [-0.25, -0.2) is 0 Å². The Bertz CT molecular complexity index is 591. The number of aryl methyl sites for hydroxylation is 1. The van der Waals surface area contributed by atoms with E-state index >= 15 is 0 Å². The number of benzene rings is 1. The van der Waals surface area contributed by atoms with Crippen molar-refractivity contribution in [1.82, 2.24) is 4.98 Å². The summed E-state index contributed by atoms with van der Waals surface area (Å²) < 4.78 is 40.0. The lowest BCUT2D eigenvalue weighted by molar-refractivity contribution is -0.274. The Hall–Kier alpha value is -2.04. The molecular formula is C15H14F3NO. The molecule has 0 unspecified atom stereocenters. The average molecular weight is 281 g/mol. The minimum Gasteiger partial charge on any atom is -0.406 e. The molecule has 0 saturated carbocycles. The Labute approximate surface area is 115 Å². The van der Waals surface area contributed by atoms with Crippen molar-refractivity contribution < 1.29 is 17.9 Å². The fourth-order valence-corrected chi connectivity index (χ4v) is 1.89. The third-order valence-corrected chi connectivity index (χ3v) is 3.12. The zero-order valence-electron chi connectivity index (χ0n) is 11.2. The molecule has 2 rings (SSSR count). The number of alkyl halides is 3. The second-order valence-corrected chi connectivity index (χ2v) is 4.61. The van der Waals surface area contributed by atoms with Crippen LogP contribution in [0.4, 0.5) is 13.2 Å². The van der Waals surface area contributed by atoms with E-state index < -0.39 is 6.36 Å². The highest BCUT2D eigenvalue weighted by Crippen LogP contribution is 2.24. The Kier molecular flexibility index (Phi) is 3.97. The van der Waals surface area contributed by atoms with E-state index in [1.165, 1.54) is 12.1 Å². The predicted octanol–water partition coefficient (Wildman–Crippen LogP) is 4.19. The summed E-state index contributed by atoms with van der Waals surface area (Å²) in [5.74, 6) is -0.208. The summed E-state index contributed by atoms with van der Waals surface area (Å²) in [7, 11) is 0. The lowest BCUT2D eigenvalue weighted by Crippen LogP contribution is -2.17. The van der Waals surface area contributed by atoms with Gasteiger partial charge in [0, 0.05) is 12.4 Å². The Morgan fingerprint density at radius 1 is 1.05 bits per heavy atom. The number of nitrogens with zero attached hydrogens (tertiary/aromatic N) is 1. The van der Waals surface area contributed by atoms with E-state index in [4.69, 9.17) is 0 Å². The van der Waals surface area contributed by atoms with Crippen molar-refractivity contribution in [3.63, 3.8) is 0 Å². The first kappa shape index (κ1) is 14.4. The molecule has 0 atom stereocenters. The van der Waals surface area contributed by atoms with Crippen LogP contribution in [0.1, 0.15) is 22.3 Å². The third-order valence-electron chi connectivity index (χ3n) is 3.12. The number of hydrogen-bond donors (Lipinski definition) is 0. The summed E-state index contributed by atoms with van der Waals surface area (Å²) in [5, 5.41) is 0. The SMILES string of the molecule is Cc1cncc(Cc2ccc(OC(F)(F)F)cc2)c1C. The normalized spacial score (nSPS) is 11.4. The lowest BCUT2D eigenvalue weighted by Gasteiger charge is -2.10. The monoisotopic (exact) mass is 281 g/mol. The molecule has 1 aromatic carbocycles. The first-order chi connectivity index (χ1) is 9.35. The first-order valence-electron chi connectivity index (χ1n) is 6.10. The van der Waals surface area contributed by atoms with Crippen LogP contribution < -0.4 is 4.74 Å². The van der Waals surface area contributed by atoms with Crippen LogP contribution in [0.25, 0.3) is 0 Å². The van der Waals surface area contributed by atoms with Gasteiger partial charge in [0.15, 0.2) is 0 Å². The second kappa shape index (κ2) is 5.53. The average Bonchev–Trinajstić information content (AvgIpc) is 2.35. The zero-order chi connectivity index (χ0) is 14.8. The van der Waals surface area contributed by atoms with Crippen LogP contribution in [-0.2, 0) is 6.42 Å². The van der Waals surface area contributed by atoms with Crippen LogP contribution in [0.2, 0.25) is 0 Å². The van der Waals surface area contributed by atoms with E-state index in [1.807, 2.05) is 13.8 Å². The van der Waals surface area contributed by atoms with E-state index in [9.17, 15) is 13.2 Å². The molecule has 0 aliphatic heterocycles. The Balaban J connectivity index is 2.13. The van der Waals surface area contributed by atoms with Crippen molar-refractivity contribution >= 4 is 0 Å². The van der Waals surface area contributed by atoms with Crippen LogP contribution in [-0.4, -0.2) is 11.3 Å². The Morgan fingerprint density at radius 2 is 1.70 bits per heavy atom. The summed E-state index contributed by atoms with van der Waals surface area (Å²) in [5.41, 5.74) is 4.22. The van der Waals surface area contributed by atoms with Gasteiger partial charge in [-0.05, 0) is 54.7 Å². The number of pyridine rings is 1. The van der Waals surface area contributed by atoms with Crippen molar-refractivity contribution in [2.24, 2.45) is 0 Å². The summed E-state index contributed by atoms with van der Waals surface area (Å²) >= 11 is 0. The van der Waals surface area contributed by atoms with Gasteiger partial charge in [-0.1, -0.05) is 12.1 Å². The third kappa shape index (κ3) is 3.73. The molecule has 0 saturated heterocycles. The fourth-order valence-electron chi connectivity index (χ4n) is 1.89. The van der Waals surface area contributed by atoms with Gasteiger partial charge in [0.1, 0.15) is 5.75 Å². The second-order valence-electron chi connectivity index (χ2n) is 4.61. The van der Waals surface area contributed by atoms with Crippen LogP contribution in [0.15, 0.2) is 36.7 Å². The van der Waals surface area contributed by atoms with Gasteiger partial charge in [-0.3, -0.25) is 4.98 Å². The van der Waals surface area contributed by atoms with Gasteiger partial charge >= 0.3 is 6.36 Å². The van der Waals surface area contributed by atoms with Crippen LogP contribution in [0, 0.1) is 13.8 Å². The van der Waals surface area contributed by atoms with Crippen molar-refractivity contribution in [3.05, 3.63) is 58.9 Å². The predicted molar refractivity (Wildman–Crippen MR) is 69.6 cm³/mol. The van der Waals surface area contributed by atoms with E-state index in [1.54, 1.807) is 24.5 Å². The quantitative estimate of drug-likeness (QED) is 0.841. The summed E-state index contributed by atoms with van der Waals surface area (Å²) in [6.07, 6.45) is -0.451. The minimum atomic E-state index is -4.65. The number of aromatic nitrogens is 1. The number of ether oxygens (including phenoxy) is 1. The van der Waals surface area contributed by atoms with E-state index in [-0.39, 0.29) is 5.75 Å². The zero-order valence-corrected chi connectivity index (χ0v) is 11.2. The largest absolute Gasteiger partial charge is 0.573 e. The van der Waals surface area contributed by atoms with E-state index in [2.05, 4.69) is 9.72 Å². The molecule has 0 radical (unpaired) electrons. The standard InChI is InChI=1S/C15H14F3NO/c1-10-8-19-9-13(11(10)2)7-12-3-5-14(6-4-12)20-15(16,17)18/h3-6,8-9H,7H2,1-2H3. The molecule has 1 heterocycles. The molecule has 0 spiro atoms. The van der Waals surface area contributed by atoms with Crippen LogP contribution in [0.5, 0.6) is 5.75 Å². The number of halogens is 3. The minimum absolute atomic E-state index is 0.208. The van der Waals surface area contributed by atoms with Crippen molar-refractivity contribution in [2.45, 2.75) is 26.6 Å². The molecule has 0 aliphatic carbocycles. The summed E-state index contributed by atoms with van der Waals surface area (Å²) in [6.45, 7) is 3.99. The smallest absolute Gasteiger partial charge is 0.406 e. The summed E-state index contributed by atoms with van der Waals surface area (Å²) in [6, 6.07) is 5.90. The Morgan fingerprint density at radius 3 is 2.30 bits per heavy atom. The molecule has 0 fully saturated rings. The van der Waals surface area contributed by atoms with E-state index in [0.717, 1.165) is 22.3 Å². The molecule has 0 bridgehead atoms. The van der Waals surface area contributed by atoms with Gasteiger partial charge in [0.2, 0.25) is 0 Å². The van der Waals surface area contributed by atoms with Gasteiger partial charge in [0.05, 0.1) is 0 Å². The summed E-state index contributed by atoms with van der Waals surface area (Å²) in [4.78, 5) is 4.13.